The van der Waals surface area contributed by atoms with E-state index >= 15 is 0 Å². The van der Waals surface area contributed by atoms with Crippen LogP contribution in [0.15, 0.2) is 78.5 Å². The third kappa shape index (κ3) is 4.73. The molecule has 1 saturated heterocycles. The third-order valence-corrected chi connectivity index (χ3v) is 6.94. The molecular formula is C30H26N4O3S. The Balaban J connectivity index is 1.50. The van der Waals surface area contributed by atoms with Crippen LogP contribution in [0.1, 0.15) is 22.3 Å². The summed E-state index contributed by atoms with van der Waals surface area (Å²) in [7, 11) is 0. The Morgan fingerprint density at radius 1 is 1.00 bits per heavy atom. The van der Waals surface area contributed by atoms with Crippen LogP contribution in [0.2, 0.25) is 0 Å². The molecule has 0 atom stereocenters. The Morgan fingerprint density at radius 2 is 1.76 bits per heavy atom. The molecule has 0 spiro atoms. The van der Waals surface area contributed by atoms with Crippen molar-refractivity contribution in [2.75, 3.05) is 10.2 Å². The molecular weight excluding hydrogens is 496 g/mol. The molecule has 0 unspecified atom stereocenters. The number of rotatable bonds is 5. The van der Waals surface area contributed by atoms with Crippen molar-refractivity contribution in [2.45, 2.75) is 27.3 Å². The number of para-hydroxylation sites is 1. The van der Waals surface area contributed by atoms with Gasteiger partial charge in [0.05, 0.1) is 5.69 Å². The van der Waals surface area contributed by atoms with Crippen molar-refractivity contribution < 1.29 is 14.4 Å². The fourth-order valence-electron chi connectivity index (χ4n) is 4.61. The van der Waals surface area contributed by atoms with Gasteiger partial charge in [-0.2, -0.15) is 0 Å². The summed E-state index contributed by atoms with van der Waals surface area (Å²) >= 11 is 5.37. The van der Waals surface area contributed by atoms with Gasteiger partial charge in [-0.3, -0.25) is 24.6 Å². The van der Waals surface area contributed by atoms with Crippen molar-refractivity contribution in [1.82, 2.24) is 9.88 Å². The Labute approximate surface area is 225 Å². The summed E-state index contributed by atoms with van der Waals surface area (Å²) in [6, 6.07) is 20.8. The molecule has 0 bridgehead atoms. The normalized spacial score (nSPS) is 14.8. The fourth-order valence-corrected chi connectivity index (χ4v) is 4.88. The van der Waals surface area contributed by atoms with Gasteiger partial charge in [0.25, 0.3) is 11.8 Å². The molecule has 1 aliphatic heterocycles. The van der Waals surface area contributed by atoms with E-state index < -0.39 is 11.8 Å². The zero-order valence-electron chi connectivity index (χ0n) is 21.2. The van der Waals surface area contributed by atoms with Crippen molar-refractivity contribution in [2.24, 2.45) is 0 Å². The van der Waals surface area contributed by atoms with Crippen LogP contribution in [0, 0.1) is 20.8 Å². The molecule has 0 aliphatic carbocycles. The topological polar surface area (TPSA) is 83.4 Å². The third-order valence-electron chi connectivity index (χ3n) is 6.65. The number of benzene rings is 3. The van der Waals surface area contributed by atoms with Crippen LogP contribution in [0.4, 0.5) is 11.4 Å². The number of carbonyl (C=O) groups is 3. The lowest BCUT2D eigenvalue weighted by Crippen LogP contribution is -2.54. The summed E-state index contributed by atoms with van der Waals surface area (Å²) in [4.78, 5) is 40.7. The van der Waals surface area contributed by atoms with E-state index in [1.807, 2.05) is 86.0 Å². The van der Waals surface area contributed by atoms with Crippen LogP contribution < -0.4 is 15.5 Å². The lowest BCUT2D eigenvalue weighted by Gasteiger charge is -2.30. The van der Waals surface area contributed by atoms with E-state index in [-0.39, 0.29) is 23.1 Å². The SMILES string of the molecule is Cc1cccc(NC(=O)Cn2cc(/C=C3\C(=O)NC(=S)N(c4cccc(C)c4C)C3=O)c3ccccc32)c1. The molecule has 1 fully saturated rings. The minimum atomic E-state index is -0.560. The highest BCUT2D eigenvalue weighted by Gasteiger charge is 2.35. The molecule has 4 aromatic rings. The Hall–Kier alpha value is -4.56. The summed E-state index contributed by atoms with van der Waals surface area (Å²) in [5.41, 5.74) is 5.73. The van der Waals surface area contributed by atoms with E-state index in [0.29, 0.717) is 11.3 Å². The molecule has 1 aliphatic rings. The average molecular weight is 523 g/mol. The first kappa shape index (κ1) is 25.1. The van der Waals surface area contributed by atoms with E-state index in [1.54, 1.807) is 18.3 Å². The molecule has 3 aromatic carbocycles. The molecule has 2 heterocycles. The first-order chi connectivity index (χ1) is 18.2. The van der Waals surface area contributed by atoms with Crippen LogP contribution in [0.3, 0.4) is 0 Å². The van der Waals surface area contributed by atoms with E-state index in [9.17, 15) is 14.4 Å². The number of nitrogens with one attached hydrogen (secondary N) is 2. The molecule has 38 heavy (non-hydrogen) atoms. The van der Waals surface area contributed by atoms with E-state index in [0.717, 1.165) is 33.3 Å². The largest absolute Gasteiger partial charge is 0.337 e. The number of anilines is 2. The number of thiocarbonyl (C=S) groups is 1. The van der Waals surface area contributed by atoms with Crippen molar-refractivity contribution in [3.05, 3.63) is 101 Å². The Kier molecular flexibility index (Phi) is 6.65. The van der Waals surface area contributed by atoms with Crippen LogP contribution in [0.5, 0.6) is 0 Å². The minimum Gasteiger partial charge on any atom is -0.337 e. The van der Waals surface area contributed by atoms with Gasteiger partial charge in [-0.15, -0.1) is 0 Å². The monoisotopic (exact) mass is 522 g/mol. The number of fused-ring (bicyclic) bond motifs is 1. The Morgan fingerprint density at radius 3 is 2.55 bits per heavy atom. The summed E-state index contributed by atoms with van der Waals surface area (Å²) in [6.07, 6.45) is 3.35. The molecule has 0 radical (unpaired) electrons. The predicted octanol–water partition coefficient (Wildman–Crippen LogP) is 5.04. The summed E-state index contributed by atoms with van der Waals surface area (Å²) in [5, 5.41) is 6.44. The first-order valence-electron chi connectivity index (χ1n) is 12.1. The molecule has 2 N–H and O–H groups in total. The molecule has 8 heteroatoms. The number of amides is 3. The van der Waals surface area contributed by atoms with Gasteiger partial charge in [0, 0.05) is 28.4 Å². The van der Waals surface area contributed by atoms with Crippen LogP contribution in [-0.4, -0.2) is 27.4 Å². The molecule has 3 amide bonds. The zero-order valence-corrected chi connectivity index (χ0v) is 22.1. The van der Waals surface area contributed by atoms with E-state index in [4.69, 9.17) is 12.2 Å². The molecule has 190 valence electrons. The van der Waals surface area contributed by atoms with E-state index in [1.165, 1.54) is 4.90 Å². The minimum absolute atomic E-state index is 0.0355. The molecule has 1 aromatic heterocycles. The second-order valence-corrected chi connectivity index (χ2v) is 9.71. The number of aromatic nitrogens is 1. The van der Waals surface area contributed by atoms with Gasteiger partial charge >= 0.3 is 0 Å². The maximum atomic E-state index is 13.6. The number of hydrogen-bond acceptors (Lipinski definition) is 4. The van der Waals surface area contributed by atoms with Gasteiger partial charge < -0.3 is 9.88 Å². The van der Waals surface area contributed by atoms with Crippen LogP contribution in [-0.2, 0) is 20.9 Å². The van der Waals surface area contributed by atoms with Gasteiger partial charge in [0.15, 0.2) is 5.11 Å². The number of carbonyl (C=O) groups excluding carboxylic acids is 3. The van der Waals surface area contributed by atoms with Gasteiger partial charge in [-0.05, 0) is 80.0 Å². The van der Waals surface area contributed by atoms with Gasteiger partial charge in [-0.25, -0.2) is 0 Å². The van der Waals surface area contributed by atoms with Crippen LogP contribution >= 0.6 is 12.2 Å². The summed E-state index contributed by atoms with van der Waals surface area (Å²) < 4.78 is 1.81. The highest BCUT2D eigenvalue weighted by atomic mass is 32.1. The van der Waals surface area contributed by atoms with Crippen molar-refractivity contribution in [3.8, 4) is 0 Å². The van der Waals surface area contributed by atoms with Gasteiger partial charge in [0.1, 0.15) is 12.1 Å². The average Bonchev–Trinajstić information content (AvgIpc) is 3.21. The van der Waals surface area contributed by atoms with Gasteiger partial charge in [0.2, 0.25) is 5.91 Å². The highest BCUT2D eigenvalue weighted by Crippen LogP contribution is 2.29. The maximum absolute atomic E-state index is 13.6. The molecule has 5 rings (SSSR count). The standard InChI is InChI=1S/C30H26N4O3S/c1-18-8-6-10-22(14-18)31-27(35)17-33-16-21(23-11-4-5-12-26(23)33)15-24-28(36)32-30(38)34(29(24)37)25-13-7-9-19(2)20(25)3/h4-16H,17H2,1-3H3,(H,31,35)(H,32,36,38)/b24-15+. The predicted molar refractivity (Wildman–Crippen MR) is 154 cm³/mol. The van der Waals surface area contributed by atoms with Crippen LogP contribution in [0.25, 0.3) is 17.0 Å². The lowest BCUT2D eigenvalue weighted by atomic mass is 10.0. The second kappa shape index (κ2) is 10.1. The quantitative estimate of drug-likeness (QED) is 0.219. The Bertz CT molecular complexity index is 1670. The number of nitrogens with zero attached hydrogens (tertiary/aromatic N) is 2. The fraction of sp³-hybridized carbons (Fsp3) is 0.133. The second-order valence-electron chi connectivity index (χ2n) is 9.32. The first-order valence-corrected chi connectivity index (χ1v) is 12.6. The van der Waals surface area contributed by atoms with Crippen molar-refractivity contribution in [1.29, 1.82) is 0 Å². The smallest absolute Gasteiger partial charge is 0.270 e. The van der Waals surface area contributed by atoms with Crippen molar-refractivity contribution in [3.63, 3.8) is 0 Å². The van der Waals surface area contributed by atoms with Gasteiger partial charge in [-0.1, -0.05) is 42.5 Å². The maximum Gasteiger partial charge on any atom is 0.270 e. The van der Waals surface area contributed by atoms with E-state index in [2.05, 4.69) is 10.6 Å². The zero-order chi connectivity index (χ0) is 27.0. The molecule has 7 nitrogen and oxygen atoms in total. The number of aryl methyl sites for hydroxylation is 2. The number of hydrogen-bond donors (Lipinski definition) is 2. The molecule has 0 saturated carbocycles. The van der Waals surface area contributed by atoms with Crippen molar-refractivity contribution >= 4 is 63.4 Å². The lowest BCUT2D eigenvalue weighted by molar-refractivity contribution is -0.122. The summed E-state index contributed by atoms with van der Waals surface area (Å²) in [5.74, 6) is -1.24. The summed E-state index contributed by atoms with van der Waals surface area (Å²) in [6.45, 7) is 5.90. The highest BCUT2D eigenvalue weighted by molar-refractivity contribution is 7.80.